The Bertz CT molecular complexity index is 702. The molecule has 8 heteroatoms. The smallest absolute Gasteiger partial charge is 0.158 e. The van der Waals surface area contributed by atoms with Crippen LogP contribution in [0.3, 0.4) is 0 Å². The molecule has 106 valence electrons. The van der Waals surface area contributed by atoms with Crippen LogP contribution in [-0.4, -0.2) is 39.3 Å². The Morgan fingerprint density at radius 1 is 1.37 bits per heavy atom. The van der Waals surface area contributed by atoms with Crippen molar-refractivity contribution in [1.82, 2.24) is 19.3 Å². The molecule has 2 rings (SSSR count). The van der Waals surface area contributed by atoms with E-state index in [1.165, 1.54) is 0 Å². The monoisotopic (exact) mass is 304 g/mol. The maximum absolute atomic E-state index is 11.6. The third kappa shape index (κ3) is 2.62. The highest BCUT2D eigenvalue weighted by Crippen LogP contribution is 2.20. The molecule has 2 aromatic rings. The van der Waals surface area contributed by atoms with E-state index >= 15 is 0 Å². The van der Waals surface area contributed by atoms with Gasteiger partial charge in [-0.15, -0.1) is 11.6 Å². The lowest BCUT2D eigenvalue weighted by molar-refractivity contribution is 0.588. The highest BCUT2D eigenvalue weighted by Gasteiger charge is 2.18. The summed E-state index contributed by atoms with van der Waals surface area (Å²) in [4.78, 5) is 4.43. The number of hydrogen-bond donors (Lipinski definition) is 0. The van der Waals surface area contributed by atoms with Gasteiger partial charge in [0, 0.05) is 19.3 Å². The lowest BCUT2D eigenvalue weighted by Crippen LogP contribution is -2.17. The summed E-state index contributed by atoms with van der Waals surface area (Å²) in [6, 6.07) is 0. The van der Waals surface area contributed by atoms with Gasteiger partial charge in [-0.3, -0.25) is 4.68 Å². The van der Waals surface area contributed by atoms with Gasteiger partial charge < -0.3 is 4.57 Å². The highest BCUT2D eigenvalue weighted by molar-refractivity contribution is 7.91. The molecule has 0 N–H and O–H groups in total. The zero-order valence-electron chi connectivity index (χ0n) is 11.2. The van der Waals surface area contributed by atoms with Crippen LogP contribution in [0.1, 0.15) is 18.4 Å². The van der Waals surface area contributed by atoms with Crippen molar-refractivity contribution >= 4 is 32.6 Å². The summed E-state index contributed by atoms with van der Waals surface area (Å²) in [6.45, 7) is 3.88. The molecule has 2 heterocycles. The second-order valence-electron chi connectivity index (χ2n) is 4.43. The molecular weight excluding hydrogens is 288 g/mol. The molecule has 0 atom stereocenters. The third-order valence-corrected chi connectivity index (χ3v) is 5.08. The number of imidazole rings is 1. The quantitative estimate of drug-likeness (QED) is 0.780. The van der Waals surface area contributed by atoms with Crippen LogP contribution in [-0.2, 0) is 29.3 Å². The summed E-state index contributed by atoms with van der Waals surface area (Å²) >= 11 is 5.89. The van der Waals surface area contributed by atoms with Crippen molar-refractivity contribution in [2.45, 2.75) is 26.3 Å². The van der Waals surface area contributed by atoms with Gasteiger partial charge >= 0.3 is 0 Å². The second-order valence-corrected chi connectivity index (χ2v) is 7.17. The number of aryl methyl sites for hydroxylation is 3. The van der Waals surface area contributed by atoms with E-state index in [9.17, 15) is 8.42 Å². The van der Waals surface area contributed by atoms with Gasteiger partial charge in [-0.05, 0) is 6.92 Å². The number of alkyl halides is 1. The minimum atomic E-state index is -3.02. The Balaban J connectivity index is 2.46. The number of rotatable bonds is 5. The Hall–Kier alpha value is -1.08. The van der Waals surface area contributed by atoms with Gasteiger partial charge in [0.05, 0.1) is 17.3 Å². The van der Waals surface area contributed by atoms with Crippen LogP contribution in [0, 0.1) is 6.92 Å². The topological polar surface area (TPSA) is 69.8 Å². The molecule has 0 unspecified atom stereocenters. The van der Waals surface area contributed by atoms with Gasteiger partial charge in [-0.25, -0.2) is 13.4 Å². The van der Waals surface area contributed by atoms with Crippen LogP contribution in [0.15, 0.2) is 0 Å². The minimum Gasteiger partial charge on any atom is -0.311 e. The van der Waals surface area contributed by atoms with E-state index < -0.39 is 9.84 Å². The minimum absolute atomic E-state index is 0.0864. The molecule has 0 fully saturated rings. The van der Waals surface area contributed by atoms with Crippen LogP contribution < -0.4 is 0 Å². The van der Waals surface area contributed by atoms with Crippen molar-refractivity contribution in [3.05, 3.63) is 11.5 Å². The van der Waals surface area contributed by atoms with Crippen molar-refractivity contribution < 1.29 is 8.42 Å². The van der Waals surface area contributed by atoms with Crippen LogP contribution in [0.4, 0.5) is 0 Å². The van der Waals surface area contributed by atoms with Crippen LogP contribution in [0.5, 0.6) is 0 Å². The van der Waals surface area contributed by atoms with Crippen molar-refractivity contribution in [2.24, 2.45) is 7.05 Å². The number of nitrogens with zero attached hydrogens (tertiary/aromatic N) is 4. The Morgan fingerprint density at radius 2 is 2.05 bits per heavy atom. The van der Waals surface area contributed by atoms with Crippen molar-refractivity contribution in [3.8, 4) is 0 Å². The van der Waals surface area contributed by atoms with Gasteiger partial charge in [0.15, 0.2) is 15.5 Å². The molecule has 6 nitrogen and oxygen atoms in total. The number of halogens is 1. The lowest BCUT2D eigenvalue weighted by atomic mass is 10.4. The van der Waals surface area contributed by atoms with E-state index in [4.69, 9.17) is 11.6 Å². The van der Waals surface area contributed by atoms with Crippen LogP contribution in [0.25, 0.3) is 11.2 Å². The van der Waals surface area contributed by atoms with E-state index in [0.717, 1.165) is 16.9 Å². The van der Waals surface area contributed by atoms with Gasteiger partial charge in [-0.2, -0.15) is 5.10 Å². The summed E-state index contributed by atoms with van der Waals surface area (Å²) in [5.41, 5.74) is 2.42. The molecule has 0 bridgehead atoms. The Labute approximate surface area is 117 Å². The van der Waals surface area contributed by atoms with E-state index in [1.54, 1.807) is 11.6 Å². The first-order valence-electron chi connectivity index (χ1n) is 6.04. The van der Waals surface area contributed by atoms with Crippen molar-refractivity contribution in [2.75, 3.05) is 11.5 Å². The van der Waals surface area contributed by atoms with Crippen LogP contribution >= 0.6 is 11.6 Å². The molecule has 0 aromatic carbocycles. The van der Waals surface area contributed by atoms with Crippen LogP contribution in [0.2, 0.25) is 0 Å². The molecule has 0 amide bonds. The summed E-state index contributed by atoms with van der Waals surface area (Å²) in [6.07, 6.45) is 0. The van der Waals surface area contributed by atoms with Crippen molar-refractivity contribution in [1.29, 1.82) is 0 Å². The summed E-state index contributed by atoms with van der Waals surface area (Å²) in [5.74, 6) is 1.16. The van der Waals surface area contributed by atoms with E-state index in [1.807, 2.05) is 18.5 Å². The van der Waals surface area contributed by atoms with Gasteiger partial charge in [0.2, 0.25) is 0 Å². The average Bonchev–Trinajstić information content (AvgIpc) is 2.86. The number of aromatic nitrogens is 4. The maximum atomic E-state index is 11.6. The molecule has 0 aliphatic rings. The Kier molecular flexibility index (Phi) is 3.87. The number of fused-ring (bicyclic) bond motifs is 1. The van der Waals surface area contributed by atoms with Gasteiger partial charge in [0.25, 0.3) is 0 Å². The Morgan fingerprint density at radius 3 is 2.63 bits per heavy atom. The molecule has 0 aliphatic heterocycles. The summed E-state index contributed by atoms with van der Waals surface area (Å²) in [7, 11) is -1.20. The fourth-order valence-electron chi connectivity index (χ4n) is 2.09. The number of sulfone groups is 1. The third-order valence-electron chi connectivity index (χ3n) is 3.15. The zero-order chi connectivity index (χ0) is 14.2. The average molecular weight is 305 g/mol. The molecule has 19 heavy (non-hydrogen) atoms. The number of hydrogen-bond acceptors (Lipinski definition) is 4. The second kappa shape index (κ2) is 5.13. The first kappa shape index (κ1) is 14.3. The van der Waals surface area contributed by atoms with Gasteiger partial charge in [-0.1, -0.05) is 6.92 Å². The standard InChI is InChI=1S/C11H17ClN4O2S/c1-4-19(17,18)6-5-16-9(7-12)13-10-8(2)14-15(3)11(10)16/h4-7H2,1-3H3. The van der Waals surface area contributed by atoms with Gasteiger partial charge in [0.1, 0.15) is 11.3 Å². The molecule has 0 saturated carbocycles. The molecule has 0 saturated heterocycles. The normalized spacial score (nSPS) is 12.4. The fourth-order valence-corrected chi connectivity index (χ4v) is 3.05. The highest BCUT2D eigenvalue weighted by atomic mass is 35.5. The molecular formula is C11H17ClN4O2S. The van der Waals surface area contributed by atoms with E-state index in [0.29, 0.717) is 12.4 Å². The fraction of sp³-hybridized carbons (Fsp3) is 0.636. The summed E-state index contributed by atoms with van der Waals surface area (Å²) < 4.78 is 26.8. The molecule has 2 aromatic heterocycles. The first-order chi connectivity index (χ1) is 8.89. The lowest BCUT2D eigenvalue weighted by Gasteiger charge is -2.08. The van der Waals surface area contributed by atoms with E-state index in [-0.39, 0.29) is 17.4 Å². The summed E-state index contributed by atoms with van der Waals surface area (Å²) in [5, 5.41) is 4.29. The maximum Gasteiger partial charge on any atom is 0.158 e. The van der Waals surface area contributed by atoms with Crippen molar-refractivity contribution in [3.63, 3.8) is 0 Å². The molecule has 0 radical (unpaired) electrons. The first-order valence-corrected chi connectivity index (χ1v) is 8.40. The SMILES string of the molecule is CCS(=O)(=O)CCn1c(CCl)nc2c(C)nn(C)c21. The predicted octanol–water partition coefficient (Wildman–Crippen LogP) is 1.25. The largest absolute Gasteiger partial charge is 0.311 e. The molecule has 0 spiro atoms. The van der Waals surface area contributed by atoms with E-state index in [2.05, 4.69) is 10.1 Å². The molecule has 0 aliphatic carbocycles. The zero-order valence-corrected chi connectivity index (χ0v) is 12.8. The predicted molar refractivity (Wildman–Crippen MR) is 75.1 cm³/mol.